The molecule has 1 aromatic rings. The van der Waals surface area contributed by atoms with Gasteiger partial charge in [-0.2, -0.15) is 0 Å². The lowest BCUT2D eigenvalue weighted by molar-refractivity contribution is 0.214. The van der Waals surface area contributed by atoms with Crippen LogP contribution in [0.25, 0.3) is 0 Å². The van der Waals surface area contributed by atoms with Crippen LogP contribution in [0.3, 0.4) is 0 Å². The minimum Gasteiger partial charge on any atom is -0.490 e. The fraction of sp³-hybridized carbons (Fsp3) is 0.583. The fourth-order valence-electron chi connectivity index (χ4n) is 1.22. The third kappa shape index (κ3) is 3.88. The maximum Gasteiger partial charge on any atom is 0.127 e. The predicted octanol–water partition coefficient (Wildman–Crippen LogP) is 2.37. The highest BCUT2D eigenvalue weighted by Gasteiger charge is 2.06. The van der Waals surface area contributed by atoms with Crippen molar-refractivity contribution >= 4 is 0 Å². The molecule has 0 aliphatic heterocycles. The van der Waals surface area contributed by atoms with Crippen molar-refractivity contribution < 1.29 is 4.74 Å². The standard InChI is InChI=1S/C12H20N2O/c1-4-10(3)15-12-6-7-14-9-11(12)8-13-5-2/h6-7,9-10,13H,4-5,8H2,1-3H3. The Kier molecular flexibility index (Phi) is 5.12. The Labute approximate surface area is 91.9 Å². The van der Waals surface area contributed by atoms with Crippen molar-refractivity contribution in [3.05, 3.63) is 24.0 Å². The van der Waals surface area contributed by atoms with E-state index >= 15 is 0 Å². The second-order valence-electron chi connectivity index (χ2n) is 3.60. The maximum atomic E-state index is 5.81. The number of hydrogen-bond acceptors (Lipinski definition) is 3. The monoisotopic (exact) mass is 208 g/mol. The van der Waals surface area contributed by atoms with E-state index in [2.05, 4.69) is 31.1 Å². The molecule has 1 aromatic heterocycles. The van der Waals surface area contributed by atoms with Crippen molar-refractivity contribution in [1.82, 2.24) is 10.3 Å². The number of hydrogen-bond donors (Lipinski definition) is 1. The first kappa shape index (κ1) is 12.0. The first-order valence-electron chi connectivity index (χ1n) is 5.58. The third-order valence-corrected chi connectivity index (χ3v) is 2.33. The summed E-state index contributed by atoms with van der Waals surface area (Å²) in [5.74, 6) is 0.945. The Morgan fingerprint density at radius 1 is 1.47 bits per heavy atom. The zero-order valence-electron chi connectivity index (χ0n) is 9.79. The molecule has 0 aromatic carbocycles. The van der Waals surface area contributed by atoms with Gasteiger partial charge in [0.25, 0.3) is 0 Å². The molecule has 84 valence electrons. The highest BCUT2D eigenvalue weighted by Crippen LogP contribution is 2.18. The summed E-state index contributed by atoms with van der Waals surface area (Å²) in [4.78, 5) is 4.11. The van der Waals surface area contributed by atoms with Gasteiger partial charge in [-0.3, -0.25) is 4.98 Å². The summed E-state index contributed by atoms with van der Waals surface area (Å²) in [6.07, 6.45) is 4.91. The second-order valence-corrected chi connectivity index (χ2v) is 3.60. The Morgan fingerprint density at radius 2 is 2.27 bits per heavy atom. The van der Waals surface area contributed by atoms with Gasteiger partial charge in [-0.15, -0.1) is 0 Å². The first-order chi connectivity index (χ1) is 7.27. The van der Waals surface area contributed by atoms with Gasteiger partial charge in [0.05, 0.1) is 6.10 Å². The second kappa shape index (κ2) is 6.40. The van der Waals surface area contributed by atoms with E-state index in [1.807, 2.05) is 12.3 Å². The zero-order chi connectivity index (χ0) is 11.1. The summed E-state index contributed by atoms with van der Waals surface area (Å²) in [5.41, 5.74) is 1.12. The summed E-state index contributed by atoms with van der Waals surface area (Å²) >= 11 is 0. The molecule has 3 nitrogen and oxygen atoms in total. The summed E-state index contributed by atoms with van der Waals surface area (Å²) in [6.45, 7) is 8.06. The van der Waals surface area contributed by atoms with Gasteiger partial charge in [-0.1, -0.05) is 13.8 Å². The molecule has 0 aliphatic carbocycles. The van der Waals surface area contributed by atoms with E-state index in [-0.39, 0.29) is 6.10 Å². The van der Waals surface area contributed by atoms with Crippen LogP contribution in [0.4, 0.5) is 0 Å². The molecule has 0 amide bonds. The average molecular weight is 208 g/mol. The molecule has 15 heavy (non-hydrogen) atoms. The smallest absolute Gasteiger partial charge is 0.127 e. The fourth-order valence-corrected chi connectivity index (χ4v) is 1.22. The van der Waals surface area contributed by atoms with Crippen LogP contribution in [-0.4, -0.2) is 17.6 Å². The molecule has 0 fully saturated rings. The molecule has 1 atom stereocenters. The maximum absolute atomic E-state index is 5.81. The molecule has 0 spiro atoms. The van der Waals surface area contributed by atoms with Crippen molar-refractivity contribution in [2.24, 2.45) is 0 Å². The van der Waals surface area contributed by atoms with Gasteiger partial charge in [0, 0.05) is 24.5 Å². The molecule has 3 heteroatoms. The molecular weight excluding hydrogens is 188 g/mol. The number of pyridine rings is 1. The van der Waals surface area contributed by atoms with Gasteiger partial charge in [-0.05, 0) is 26.0 Å². The highest BCUT2D eigenvalue weighted by atomic mass is 16.5. The van der Waals surface area contributed by atoms with Crippen LogP contribution in [0, 0.1) is 0 Å². The predicted molar refractivity (Wildman–Crippen MR) is 62.0 cm³/mol. The summed E-state index contributed by atoms with van der Waals surface area (Å²) in [7, 11) is 0. The number of nitrogens with one attached hydrogen (secondary N) is 1. The first-order valence-corrected chi connectivity index (χ1v) is 5.58. The van der Waals surface area contributed by atoms with Crippen LogP contribution >= 0.6 is 0 Å². The molecule has 0 saturated carbocycles. The molecule has 1 unspecified atom stereocenters. The number of nitrogens with zero attached hydrogens (tertiary/aromatic N) is 1. The van der Waals surface area contributed by atoms with Gasteiger partial charge in [0.1, 0.15) is 5.75 Å². The highest BCUT2D eigenvalue weighted by molar-refractivity contribution is 5.30. The van der Waals surface area contributed by atoms with Crippen molar-refractivity contribution in [3.63, 3.8) is 0 Å². The van der Waals surface area contributed by atoms with Crippen LogP contribution in [-0.2, 0) is 6.54 Å². The van der Waals surface area contributed by atoms with Crippen LogP contribution in [0.15, 0.2) is 18.5 Å². The third-order valence-electron chi connectivity index (χ3n) is 2.33. The van der Waals surface area contributed by atoms with E-state index in [9.17, 15) is 0 Å². The van der Waals surface area contributed by atoms with E-state index in [1.54, 1.807) is 6.20 Å². The Balaban J connectivity index is 2.67. The Bertz CT molecular complexity index is 289. The van der Waals surface area contributed by atoms with E-state index in [0.717, 1.165) is 30.8 Å². The SMILES string of the molecule is CCNCc1cnccc1OC(C)CC. The number of ether oxygens (including phenoxy) is 1. The summed E-state index contributed by atoms with van der Waals surface area (Å²) in [6, 6.07) is 1.93. The van der Waals surface area contributed by atoms with E-state index in [1.165, 1.54) is 0 Å². The molecule has 0 radical (unpaired) electrons. The van der Waals surface area contributed by atoms with Gasteiger partial charge >= 0.3 is 0 Å². The number of rotatable bonds is 6. The lowest BCUT2D eigenvalue weighted by atomic mass is 10.2. The topological polar surface area (TPSA) is 34.2 Å². The average Bonchev–Trinajstić information content (AvgIpc) is 2.28. The van der Waals surface area contributed by atoms with Crippen LogP contribution in [0.5, 0.6) is 5.75 Å². The molecule has 1 heterocycles. The van der Waals surface area contributed by atoms with Crippen molar-refractivity contribution in [3.8, 4) is 5.75 Å². The van der Waals surface area contributed by atoms with E-state index < -0.39 is 0 Å². The van der Waals surface area contributed by atoms with Crippen LogP contribution in [0.2, 0.25) is 0 Å². The van der Waals surface area contributed by atoms with Crippen molar-refractivity contribution in [2.45, 2.75) is 39.8 Å². The quantitative estimate of drug-likeness (QED) is 0.779. The molecule has 0 saturated heterocycles. The van der Waals surface area contributed by atoms with E-state index in [4.69, 9.17) is 4.74 Å². The minimum absolute atomic E-state index is 0.257. The molecule has 1 rings (SSSR count). The summed E-state index contributed by atoms with van der Waals surface area (Å²) < 4.78 is 5.81. The molecule has 1 N–H and O–H groups in total. The van der Waals surface area contributed by atoms with Crippen molar-refractivity contribution in [2.75, 3.05) is 6.54 Å². The zero-order valence-corrected chi connectivity index (χ0v) is 9.79. The van der Waals surface area contributed by atoms with Crippen molar-refractivity contribution in [1.29, 1.82) is 0 Å². The lowest BCUT2D eigenvalue weighted by Gasteiger charge is -2.15. The molecular formula is C12H20N2O. The molecule has 0 aliphatic rings. The van der Waals surface area contributed by atoms with Gasteiger partial charge in [0.2, 0.25) is 0 Å². The van der Waals surface area contributed by atoms with Gasteiger partial charge in [0.15, 0.2) is 0 Å². The van der Waals surface area contributed by atoms with Gasteiger partial charge in [-0.25, -0.2) is 0 Å². The van der Waals surface area contributed by atoms with Crippen LogP contribution < -0.4 is 10.1 Å². The Morgan fingerprint density at radius 3 is 2.93 bits per heavy atom. The van der Waals surface area contributed by atoms with Crippen LogP contribution in [0.1, 0.15) is 32.8 Å². The minimum atomic E-state index is 0.257. The normalized spacial score (nSPS) is 12.5. The Hall–Kier alpha value is -1.09. The van der Waals surface area contributed by atoms with E-state index in [0.29, 0.717) is 0 Å². The lowest BCUT2D eigenvalue weighted by Crippen LogP contribution is -2.16. The molecule has 0 bridgehead atoms. The summed E-state index contributed by atoms with van der Waals surface area (Å²) in [5, 5.41) is 3.28. The van der Waals surface area contributed by atoms with Gasteiger partial charge < -0.3 is 10.1 Å². The number of aromatic nitrogens is 1. The largest absolute Gasteiger partial charge is 0.490 e.